The summed E-state index contributed by atoms with van der Waals surface area (Å²) in [6, 6.07) is 8.08. The second-order valence-electron chi connectivity index (χ2n) is 5.15. The van der Waals surface area contributed by atoms with Gasteiger partial charge in [-0.2, -0.15) is 0 Å². The molecule has 108 valence electrons. The molecular formula is C15H16N3O2P. The first-order valence-corrected chi connectivity index (χ1v) is 7.65. The van der Waals surface area contributed by atoms with E-state index in [9.17, 15) is 4.57 Å². The fourth-order valence-corrected chi connectivity index (χ4v) is 2.79. The van der Waals surface area contributed by atoms with E-state index in [-0.39, 0.29) is 14.0 Å². The van der Waals surface area contributed by atoms with E-state index in [1.165, 1.54) is 12.0 Å². The summed E-state index contributed by atoms with van der Waals surface area (Å²) in [4.78, 5) is 8.45. The lowest BCUT2D eigenvalue weighted by atomic mass is 9.72. The zero-order valence-electron chi connectivity index (χ0n) is 11.7. The van der Waals surface area contributed by atoms with Crippen molar-refractivity contribution in [1.29, 1.82) is 0 Å². The Balaban J connectivity index is 1.87. The Morgan fingerprint density at radius 3 is 2.62 bits per heavy atom. The fourth-order valence-electron chi connectivity index (χ4n) is 2.58. The minimum absolute atomic E-state index is 0.0612. The molecule has 0 spiro atoms. The van der Waals surface area contributed by atoms with Crippen LogP contribution in [0.25, 0.3) is 0 Å². The Hall–Kier alpha value is -2.00. The first-order chi connectivity index (χ1) is 10.3. The normalized spacial score (nSPS) is 16.2. The van der Waals surface area contributed by atoms with E-state index < -0.39 is 0 Å². The van der Waals surface area contributed by atoms with Gasteiger partial charge in [0.1, 0.15) is 5.75 Å². The molecule has 3 rings (SSSR count). The van der Waals surface area contributed by atoms with Crippen molar-refractivity contribution < 1.29 is 9.30 Å². The Kier molecular flexibility index (Phi) is 3.84. The van der Waals surface area contributed by atoms with E-state index in [1.807, 2.05) is 12.1 Å². The topological polar surface area (TPSA) is 64.1 Å². The van der Waals surface area contributed by atoms with Crippen molar-refractivity contribution in [3.05, 3.63) is 42.2 Å². The molecule has 1 aliphatic carbocycles. The van der Waals surface area contributed by atoms with Crippen LogP contribution >= 0.6 is 8.46 Å². The fraction of sp³-hybridized carbons (Fsp3) is 0.333. The molecule has 0 radical (unpaired) electrons. The van der Waals surface area contributed by atoms with Gasteiger partial charge in [0.2, 0.25) is 5.95 Å². The van der Waals surface area contributed by atoms with Gasteiger partial charge in [-0.15, -0.1) is 0 Å². The third kappa shape index (κ3) is 2.74. The molecule has 1 fully saturated rings. The Morgan fingerprint density at radius 2 is 2.05 bits per heavy atom. The molecule has 1 aromatic heterocycles. The zero-order chi connectivity index (χ0) is 14.7. The SMILES string of the molecule is COc1cccc(C2(Nc3ncc(P=O)cn3)CCC2)c1. The number of methoxy groups -OCH3 is 1. The Morgan fingerprint density at radius 1 is 1.29 bits per heavy atom. The van der Waals surface area contributed by atoms with Gasteiger partial charge in [0.05, 0.1) is 18.0 Å². The van der Waals surface area contributed by atoms with Crippen molar-refractivity contribution in [2.24, 2.45) is 0 Å². The van der Waals surface area contributed by atoms with Crippen molar-refractivity contribution >= 4 is 19.7 Å². The molecule has 1 N–H and O–H groups in total. The number of anilines is 1. The molecule has 21 heavy (non-hydrogen) atoms. The molecule has 0 aliphatic heterocycles. The highest BCUT2D eigenvalue weighted by atomic mass is 31.1. The van der Waals surface area contributed by atoms with Crippen LogP contribution in [0.4, 0.5) is 5.95 Å². The lowest BCUT2D eigenvalue weighted by Crippen LogP contribution is -2.42. The lowest BCUT2D eigenvalue weighted by Gasteiger charge is -2.43. The third-order valence-electron chi connectivity index (χ3n) is 3.92. The van der Waals surface area contributed by atoms with Crippen LogP contribution < -0.4 is 15.4 Å². The smallest absolute Gasteiger partial charge is 0.223 e. The van der Waals surface area contributed by atoms with Crippen LogP contribution in [-0.4, -0.2) is 17.1 Å². The van der Waals surface area contributed by atoms with Crippen molar-refractivity contribution in [2.75, 3.05) is 12.4 Å². The van der Waals surface area contributed by atoms with E-state index in [1.54, 1.807) is 19.5 Å². The maximum Gasteiger partial charge on any atom is 0.223 e. The van der Waals surface area contributed by atoms with Crippen molar-refractivity contribution in [1.82, 2.24) is 9.97 Å². The summed E-state index contributed by atoms with van der Waals surface area (Å²) in [5, 5.41) is 4.00. The number of rotatable bonds is 5. The molecule has 1 saturated carbocycles. The average Bonchev–Trinajstić information content (AvgIpc) is 2.51. The van der Waals surface area contributed by atoms with Crippen LogP contribution in [0.5, 0.6) is 5.75 Å². The summed E-state index contributed by atoms with van der Waals surface area (Å²) in [6.07, 6.45) is 6.38. The highest BCUT2D eigenvalue weighted by Crippen LogP contribution is 2.44. The van der Waals surface area contributed by atoms with Gasteiger partial charge in [-0.05, 0) is 37.0 Å². The standard InChI is InChI=1S/C15H16N3O2P/c1-20-12-5-2-4-11(8-12)15(6-3-7-15)18-14-16-9-13(21-19)10-17-14/h2,4-5,8-10H,3,6-7H2,1H3,(H,16,17,18). The molecule has 5 nitrogen and oxygen atoms in total. The summed E-state index contributed by atoms with van der Waals surface area (Å²) in [6.45, 7) is 0. The van der Waals surface area contributed by atoms with Crippen molar-refractivity contribution in [3.63, 3.8) is 0 Å². The van der Waals surface area contributed by atoms with Gasteiger partial charge < -0.3 is 10.1 Å². The van der Waals surface area contributed by atoms with E-state index >= 15 is 0 Å². The average molecular weight is 301 g/mol. The van der Waals surface area contributed by atoms with Crippen LogP contribution in [0.3, 0.4) is 0 Å². The first-order valence-electron chi connectivity index (χ1n) is 6.84. The number of nitrogens with one attached hydrogen (secondary N) is 1. The van der Waals surface area contributed by atoms with Crippen LogP contribution in [0.2, 0.25) is 0 Å². The van der Waals surface area contributed by atoms with Crippen LogP contribution in [0.15, 0.2) is 36.7 Å². The second kappa shape index (κ2) is 5.78. The van der Waals surface area contributed by atoms with Gasteiger partial charge in [0.25, 0.3) is 0 Å². The predicted molar refractivity (Wildman–Crippen MR) is 81.4 cm³/mol. The molecule has 1 aliphatic rings. The summed E-state index contributed by atoms with van der Waals surface area (Å²) in [5.41, 5.74) is 1.05. The Bertz CT molecular complexity index is 642. The maximum atomic E-state index is 10.7. The quantitative estimate of drug-likeness (QED) is 0.860. The van der Waals surface area contributed by atoms with E-state index in [2.05, 4.69) is 27.4 Å². The van der Waals surface area contributed by atoms with Gasteiger partial charge in [-0.3, -0.25) is 4.57 Å². The van der Waals surface area contributed by atoms with Gasteiger partial charge in [0, 0.05) is 12.4 Å². The molecule has 6 heteroatoms. The van der Waals surface area contributed by atoms with Crippen molar-refractivity contribution in [2.45, 2.75) is 24.8 Å². The molecule has 1 aromatic carbocycles. The predicted octanol–water partition coefficient (Wildman–Crippen LogP) is 2.89. The minimum atomic E-state index is -0.134. The van der Waals surface area contributed by atoms with Crippen LogP contribution in [0.1, 0.15) is 24.8 Å². The molecule has 0 atom stereocenters. The maximum absolute atomic E-state index is 10.7. The van der Waals surface area contributed by atoms with E-state index in [0.29, 0.717) is 11.3 Å². The van der Waals surface area contributed by atoms with Gasteiger partial charge in [0.15, 0.2) is 8.46 Å². The number of nitrogens with zero attached hydrogens (tertiary/aromatic N) is 2. The number of hydrogen-bond acceptors (Lipinski definition) is 5. The zero-order valence-corrected chi connectivity index (χ0v) is 12.6. The number of hydrogen-bond donors (Lipinski definition) is 1. The van der Waals surface area contributed by atoms with Crippen molar-refractivity contribution in [3.8, 4) is 5.75 Å². The van der Waals surface area contributed by atoms with Gasteiger partial charge in [-0.25, -0.2) is 9.97 Å². The van der Waals surface area contributed by atoms with Crippen LogP contribution in [0, 0.1) is 0 Å². The first kappa shape index (κ1) is 14.0. The van der Waals surface area contributed by atoms with Gasteiger partial charge >= 0.3 is 0 Å². The molecular weight excluding hydrogens is 285 g/mol. The number of aromatic nitrogens is 2. The highest BCUT2D eigenvalue weighted by Gasteiger charge is 2.39. The third-order valence-corrected chi connectivity index (χ3v) is 4.37. The largest absolute Gasteiger partial charge is 0.497 e. The number of ether oxygens (including phenoxy) is 1. The molecule has 1 heterocycles. The molecule has 0 unspecified atom stereocenters. The summed E-state index contributed by atoms with van der Waals surface area (Å²) in [5.74, 6) is 1.41. The van der Waals surface area contributed by atoms with Crippen LogP contribution in [-0.2, 0) is 10.1 Å². The number of benzene rings is 1. The van der Waals surface area contributed by atoms with E-state index in [4.69, 9.17) is 4.74 Å². The van der Waals surface area contributed by atoms with E-state index in [0.717, 1.165) is 18.6 Å². The molecule has 0 amide bonds. The Labute approximate surface area is 125 Å². The molecule has 0 saturated heterocycles. The minimum Gasteiger partial charge on any atom is -0.497 e. The molecule has 2 aromatic rings. The summed E-state index contributed by atoms with van der Waals surface area (Å²) in [7, 11) is 1.61. The lowest BCUT2D eigenvalue weighted by molar-refractivity contribution is 0.281. The van der Waals surface area contributed by atoms with Gasteiger partial charge in [-0.1, -0.05) is 12.1 Å². The molecule has 0 bridgehead atoms. The second-order valence-corrected chi connectivity index (χ2v) is 5.85. The highest BCUT2D eigenvalue weighted by molar-refractivity contribution is 7.34. The summed E-state index contributed by atoms with van der Waals surface area (Å²) < 4.78 is 16.0. The monoisotopic (exact) mass is 301 g/mol. The summed E-state index contributed by atoms with van der Waals surface area (Å²) >= 11 is 0.